The third-order valence-electron chi connectivity index (χ3n) is 2.61. The van der Waals surface area contributed by atoms with Crippen molar-refractivity contribution in [1.29, 1.82) is 0 Å². The molecule has 21 heavy (non-hydrogen) atoms. The van der Waals surface area contributed by atoms with Gasteiger partial charge in [0, 0.05) is 16.8 Å². The van der Waals surface area contributed by atoms with Gasteiger partial charge in [-0.25, -0.2) is 9.78 Å². The van der Waals surface area contributed by atoms with Crippen LogP contribution in [-0.2, 0) is 16.1 Å². The smallest absolute Gasteiger partial charge is 0.347 e. The van der Waals surface area contributed by atoms with Gasteiger partial charge in [-0.2, -0.15) is 0 Å². The standard InChI is InChI=1S/C15H13Cl2NO3/c1-10(21-13-4-2-3-12(16)7-13)15(19)20-9-11-5-6-14(17)18-8-11/h2-8,10H,9H2,1H3. The van der Waals surface area contributed by atoms with Crippen molar-refractivity contribution in [2.75, 3.05) is 0 Å². The molecule has 0 amide bonds. The van der Waals surface area contributed by atoms with Crippen LogP contribution in [0.1, 0.15) is 12.5 Å². The molecule has 2 aromatic rings. The van der Waals surface area contributed by atoms with Crippen molar-refractivity contribution in [3.63, 3.8) is 0 Å². The summed E-state index contributed by atoms with van der Waals surface area (Å²) in [5, 5.41) is 0.933. The number of benzene rings is 1. The third kappa shape index (κ3) is 4.92. The fourth-order valence-corrected chi connectivity index (χ4v) is 1.85. The molecule has 0 bridgehead atoms. The zero-order chi connectivity index (χ0) is 15.2. The van der Waals surface area contributed by atoms with E-state index in [4.69, 9.17) is 32.7 Å². The number of carbonyl (C=O) groups is 1. The van der Waals surface area contributed by atoms with Crippen LogP contribution in [0, 0.1) is 0 Å². The predicted octanol–water partition coefficient (Wildman–Crippen LogP) is 3.90. The predicted molar refractivity (Wildman–Crippen MR) is 80.6 cm³/mol. The van der Waals surface area contributed by atoms with Crippen molar-refractivity contribution in [1.82, 2.24) is 4.98 Å². The van der Waals surface area contributed by atoms with Gasteiger partial charge < -0.3 is 9.47 Å². The van der Waals surface area contributed by atoms with E-state index < -0.39 is 12.1 Å². The van der Waals surface area contributed by atoms with Crippen molar-refractivity contribution < 1.29 is 14.3 Å². The van der Waals surface area contributed by atoms with E-state index in [9.17, 15) is 4.79 Å². The minimum atomic E-state index is -0.733. The molecule has 4 nitrogen and oxygen atoms in total. The van der Waals surface area contributed by atoms with Gasteiger partial charge in [-0.15, -0.1) is 0 Å². The van der Waals surface area contributed by atoms with Crippen LogP contribution in [0.2, 0.25) is 10.2 Å². The Bertz CT molecular complexity index is 617. The maximum Gasteiger partial charge on any atom is 0.347 e. The molecule has 0 saturated heterocycles. The summed E-state index contributed by atoms with van der Waals surface area (Å²) in [6.45, 7) is 1.73. The van der Waals surface area contributed by atoms with Crippen LogP contribution in [0.3, 0.4) is 0 Å². The lowest BCUT2D eigenvalue weighted by Gasteiger charge is -2.14. The Morgan fingerprint density at radius 1 is 1.29 bits per heavy atom. The zero-order valence-electron chi connectivity index (χ0n) is 11.3. The number of pyridine rings is 1. The third-order valence-corrected chi connectivity index (χ3v) is 3.07. The molecule has 0 aliphatic heterocycles. The van der Waals surface area contributed by atoms with Gasteiger partial charge in [-0.05, 0) is 31.2 Å². The Labute approximate surface area is 132 Å². The van der Waals surface area contributed by atoms with Gasteiger partial charge in [0.2, 0.25) is 0 Å². The molecule has 0 aliphatic carbocycles. The first-order chi connectivity index (χ1) is 10.0. The van der Waals surface area contributed by atoms with Crippen LogP contribution in [0.4, 0.5) is 0 Å². The first-order valence-corrected chi connectivity index (χ1v) is 6.99. The molecular formula is C15H13Cl2NO3. The summed E-state index contributed by atoms with van der Waals surface area (Å²) in [4.78, 5) is 15.8. The minimum absolute atomic E-state index is 0.117. The Hall–Kier alpha value is -1.78. The number of hydrogen-bond donors (Lipinski definition) is 0. The number of esters is 1. The van der Waals surface area contributed by atoms with E-state index in [-0.39, 0.29) is 6.61 Å². The lowest BCUT2D eigenvalue weighted by Crippen LogP contribution is -2.26. The van der Waals surface area contributed by atoms with Gasteiger partial charge in [0.05, 0.1) is 0 Å². The van der Waals surface area contributed by atoms with Gasteiger partial charge in [0.1, 0.15) is 17.5 Å². The van der Waals surface area contributed by atoms with Crippen molar-refractivity contribution in [2.24, 2.45) is 0 Å². The number of aromatic nitrogens is 1. The van der Waals surface area contributed by atoms with E-state index in [2.05, 4.69) is 4.98 Å². The molecule has 0 spiro atoms. The van der Waals surface area contributed by atoms with E-state index in [0.717, 1.165) is 5.56 Å². The van der Waals surface area contributed by atoms with E-state index in [1.807, 2.05) is 0 Å². The summed E-state index contributed by atoms with van der Waals surface area (Å²) in [6, 6.07) is 10.2. The number of nitrogens with zero attached hydrogens (tertiary/aromatic N) is 1. The molecule has 0 N–H and O–H groups in total. The highest BCUT2D eigenvalue weighted by atomic mass is 35.5. The minimum Gasteiger partial charge on any atom is -0.479 e. The summed E-state index contributed by atoms with van der Waals surface area (Å²) < 4.78 is 10.6. The SMILES string of the molecule is CC(Oc1cccc(Cl)c1)C(=O)OCc1ccc(Cl)nc1. The van der Waals surface area contributed by atoms with E-state index in [1.165, 1.54) is 0 Å². The molecular weight excluding hydrogens is 313 g/mol. The fourth-order valence-electron chi connectivity index (χ4n) is 1.56. The Morgan fingerprint density at radius 2 is 2.10 bits per heavy atom. The van der Waals surface area contributed by atoms with Crippen LogP contribution in [0.5, 0.6) is 5.75 Å². The van der Waals surface area contributed by atoms with Crippen molar-refractivity contribution >= 4 is 29.2 Å². The van der Waals surface area contributed by atoms with Gasteiger partial charge in [-0.3, -0.25) is 0 Å². The van der Waals surface area contributed by atoms with Crippen LogP contribution in [0.25, 0.3) is 0 Å². The lowest BCUT2D eigenvalue weighted by atomic mass is 10.3. The molecule has 1 unspecified atom stereocenters. The highest BCUT2D eigenvalue weighted by Crippen LogP contribution is 2.18. The number of carbonyl (C=O) groups excluding carboxylic acids is 1. The molecule has 0 saturated carbocycles. The van der Waals surface area contributed by atoms with Crippen LogP contribution < -0.4 is 4.74 Å². The number of hydrogen-bond acceptors (Lipinski definition) is 4. The topological polar surface area (TPSA) is 48.4 Å². The average molecular weight is 326 g/mol. The van der Waals surface area contributed by atoms with Gasteiger partial charge in [-0.1, -0.05) is 35.3 Å². The zero-order valence-corrected chi connectivity index (χ0v) is 12.8. The lowest BCUT2D eigenvalue weighted by molar-refractivity contribution is -0.152. The molecule has 1 heterocycles. The number of rotatable bonds is 5. The molecule has 110 valence electrons. The summed E-state index contributed by atoms with van der Waals surface area (Å²) in [5.74, 6) is 0.0463. The fraction of sp³-hybridized carbons (Fsp3) is 0.200. The molecule has 6 heteroatoms. The molecule has 2 rings (SSSR count). The van der Waals surface area contributed by atoms with Gasteiger partial charge in [0.15, 0.2) is 6.10 Å². The van der Waals surface area contributed by atoms with Crippen molar-refractivity contribution in [3.05, 3.63) is 58.3 Å². The monoisotopic (exact) mass is 325 g/mol. The Morgan fingerprint density at radius 3 is 2.76 bits per heavy atom. The maximum absolute atomic E-state index is 11.8. The first-order valence-electron chi connectivity index (χ1n) is 6.24. The molecule has 1 aromatic carbocycles. The largest absolute Gasteiger partial charge is 0.479 e. The molecule has 1 aromatic heterocycles. The summed E-state index contributed by atoms with van der Waals surface area (Å²) >= 11 is 11.5. The summed E-state index contributed by atoms with van der Waals surface area (Å²) in [5.41, 5.74) is 0.753. The first kappa shape index (κ1) is 15.6. The second kappa shape index (κ2) is 7.29. The van der Waals surface area contributed by atoms with Gasteiger partial charge in [0.25, 0.3) is 0 Å². The normalized spacial score (nSPS) is 11.8. The van der Waals surface area contributed by atoms with Crippen LogP contribution in [0.15, 0.2) is 42.6 Å². The highest BCUT2D eigenvalue weighted by molar-refractivity contribution is 6.30. The summed E-state index contributed by atoms with van der Waals surface area (Å²) in [7, 11) is 0. The van der Waals surface area contributed by atoms with E-state index in [1.54, 1.807) is 49.5 Å². The van der Waals surface area contributed by atoms with Crippen molar-refractivity contribution in [3.8, 4) is 5.75 Å². The quantitative estimate of drug-likeness (QED) is 0.618. The molecule has 0 aliphatic rings. The highest BCUT2D eigenvalue weighted by Gasteiger charge is 2.16. The molecule has 1 atom stereocenters. The maximum atomic E-state index is 11.8. The molecule has 0 radical (unpaired) electrons. The van der Waals surface area contributed by atoms with E-state index in [0.29, 0.717) is 15.9 Å². The van der Waals surface area contributed by atoms with Gasteiger partial charge >= 0.3 is 5.97 Å². The average Bonchev–Trinajstić information content (AvgIpc) is 2.46. The number of halogens is 2. The molecule has 0 fully saturated rings. The second-order valence-corrected chi connectivity index (χ2v) is 5.14. The Balaban J connectivity index is 1.86. The van der Waals surface area contributed by atoms with Crippen LogP contribution >= 0.6 is 23.2 Å². The number of ether oxygens (including phenoxy) is 2. The van der Waals surface area contributed by atoms with Crippen molar-refractivity contribution in [2.45, 2.75) is 19.6 Å². The summed E-state index contributed by atoms with van der Waals surface area (Å²) in [6.07, 6.45) is 0.821. The van der Waals surface area contributed by atoms with E-state index >= 15 is 0 Å². The van der Waals surface area contributed by atoms with Crippen LogP contribution in [-0.4, -0.2) is 17.1 Å². The second-order valence-electron chi connectivity index (χ2n) is 4.31. The Kier molecular flexibility index (Phi) is 5.42.